The summed E-state index contributed by atoms with van der Waals surface area (Å²) in [6, 6.07) is -2.64. The molecule has 0 saturated heterocycles. The standard InChI is InChI=1S/C48H91N3O9/c1-9-11-13-15-17-19-21-23-25-27-29-31-38-57-42(52)36-35-40(44(54)58-39-32-30-28-26-24-22-20-18-16-14-12-10-2)50-43(53)41(34-33-37-49)51(45(55)59-47(3,4)5)46(56)60-48(6,7)8/h40-41H,9-39,49H2,1-8H3,(H,50,53)/t40-,41-/m0/s1. The first-order chi connectivity index (χ1) is 28.6. The van der Waals surface area contributed by atoms with Crippen molar-refractivity contribution in [2.75, 3.05) is 19.8 Å². The van der Waals surface area contributed by atoms with Crippen molar-refractivity contribution in [1.82, 2.24) is 10.2 Å². The van der Waals surface area contributed by atoms with Gasteiger partial charge in [0, 0.05) is 6.42 Å². The predicted octanol–water partition coefficient (Wildman–Crippen LogP) is 12.0. The normalized spacial score (nSPS) is 12.7. The van der Waals surface area contributed by atoms with E-state index in [9.17, 15) is 24.0 Å². The number of carbonyl (C=O) groups excluding carboxylic acids is 5. The third-order valence-electron chi connectivity index (χ3n) is 10.2. The van der Waals surface area contributed by atoms with Gasteiger partial charge in [-0.1, -0.05) is 155 Å². The molecule has 0 fully saturated rings. The van der Waals surface area contributed by atoms with Crippen LogP contribution >= 0.6 is 0 Å². The second kappa shape index (κ2) is 35.7. The molecule has 0 bridgehead atoms. The summed E-state index contributed by atoms with van der Waals surface area (Å²) in [6.45, 7) is 15.0. The fourth-order valence-corrected chi connectivity index (χ4v) is 6.84. The van der Waals surface area contributed by atoms with E-state index < -0.39 is 53.3 Å². The molecule has 0 aromatic heterocycles. The van der Waals surface area contributed by atoms with Gasteiger partial charge in [-0.25, -0.2) is 14.4 Å². The van der Waals surface area contributed by atoms with Crippen molar-refractivity contribution < 1.29 is 42.9 Å². The molecule has 60 heavy (non-hydrogen) atoms. The third kappa shape index (κ3) is 32.8. The highest BCUT2D eigenvalue weighted by atomic mass is 16.6. The summed E-state index contributed by atoms with van der Waals surface area (Å²) in [7, 11) is 0. The van der Waals surface area contributed by atoms with E-state index in [2.05, 4.69) is 19.2 Å². The number of esters is 2. The number of nitrogens with one attached hydrogen (secondary N) is 1. The molecule has 0 aromatic carbocycles. The Kier molecular flexibility index (Phi) is 34.0. The minimum atomic E-state index is -1.41. The quantitative estimate of drug-likeness (QED) is 0.0352. The van der Waals surface area contributed by atoms with E-state index in [0.29, 0.717) is 17.9 Å². The Morgan fingerprint density at radius 1 is 0.517 bits per heavy atom. The van der Waals surface area contributed by atoms with Gasteiger partial charge in [0.25, 0.3) is 0 Å². The number of rotatable bonds is 36. The minimum Gasteiger partial charge on any atom is -0.466 e. The average Bonchev–Trinajstić information content (AvgIpc) is 3.16. The van der Waals surface area contributed by atoms with Gasteiger partial charge in [-0.05, 0) is 80.2 Å². The fourth-order valence-electron chi connectivity index (χ4n) is 6.84. The van der Waals surface area contributed by atoms with Gasteiger partial charge in [-0.15, -0.1) is 0 Å². The van der Waals surface area contributed by atoms with Crippen LogP contribution in [-0.2, 0) is 33.3 Å². The molecule has 0 spiro atoms. The molecule has 0 aliphatic heterocycles. The van der Waals surface area contributed by atoms with Crippen LogP contribution < -0.4 is 11.1 Å². The number of nitrogens with zero attached hydrogens (tertiary/aromatic N) is 1. The van der Waals surface area contributed by atoms with E-state index >= 15 is 0 Å². The molecular weight excluding hydrogens is 763 g/mol. The van der Waals surface area contributed by atoms with E-state index in [1.54, 1.807) is 41.5 Å². The van der Waals surface area contributed by atoms with Crippen molar-refractivity contribution in [3.8, 4) is 0 Å². The molecule has 12 heteroatoms. The molecule has 0 unspecified atom stereocenters. The Labute approximate surface area is 366 Å². The summed E-state index contributed by atoms with van der Waals surface area (Å²) in [5.41, 5.74) is 3.83. The Morgan fingerprint density at radius 2 is 0.883 bits per heavy atom. The van der Waals surface area contributed by atoms with Crippen molar-refractivity contribution in [2.45, 2.75) is 258 Å². The van der Waals surface area contributed by atoms with Crippen LogP contribution in [0.3, 0.4) is 0 Å². The highest BCUT2D eigenvalue weighted by Crippen LogP contribution is 2.21. The zero-order valence-corrected chi connectivity index (χ0v) is 39.8. The molecule has 352 valence electrons. The maximum atomic E-state index is 14.1. The molecular formula is C48H91N3O9. The first kappa shape index (κ1) is 57.1. The number of carbonyl (C=O) groups is 5. The number of hydrogen-bond acceptors (Lipinski definition) is 10. The van der Waals surface area contributed by atoms with Crippen LogP contribution in [0.2, 0.25) is 0 Å². The largest absolute Gasteiger partial charge is 0.466 e. The maximum Gasteiger partial charge on any atom is 0.420 e. The second-order valence-corrected chi connectivity index (χ2v) is 18.5. The number of unbranched alkanes of at least 4 members (excludes halogenated alkanes) is 22. The van der Waals surface area contributed by atoms with Crippen molar-refractivity contribution in [3.05, 3.63) is 0 Å². The van der Waals surface area contributed by atoms with Gasteiger partial charge < -0.3 is 30.0 Å². The Bertz CT molecular complexity index is 1110. The lowest BCUT2D eigenvalue weighted by molar-refractivity contribution is -0.150. The Morgan fingerprint density at radius 3 is 1.25 bits per heavy atom. The van der Waals surface area contributed by atoms with E-state index in [1.807, 2.05) is 0 Å². The van der Waals surface area contributed by atoms with Gasteiger partial charge in [-0.2, -0.15) is 4.90 Å². The molecule has 12 nitrogen and oxygen atoms in total. The number of imide groups is 1. The van der Waals surface area contributed by atoms with E-state index in [4.69, 9.17) is 24.7 Å². The van der Waals surface area contributed by atoms with Gasteiger partial charge in [-0.3, -0.25) is 9.59 Å². The molecule has 0 saturated carbocycles. The SMILES string of the molecule is CCCCCCCCCCCCCCOC(=O)CC[C@H](NC(=O)[C@H](CCCN)N(C(=O)OC(C)(C)C)C(=O)OC(C)(C)C)C(=O)OCCCCCCCCCCCCCC. The maximum absolute atomic E-state index is 14.1. The summed E-state index contributed by atoms with van der Waals surface area (Å²) in [6.07, 6.45) is 26.4. The van der Waals surface area contributed by atoms with Crippen LogP contribution in [0.5, 0.6) is 0 Å². The molecule has 3 amide bonds. The Hall–Kier alpha value is -2.89. The van der Waals surface area contributed by atoms with Gasteiger partial charge in [0.05, 0.1) is 13.2 Å². The number of ether oxygens (including phenoxy) is 4. The van der Waals surface area contributed by atoms with Crippen molar-refractivity contribution >= 4 is 30.0 Å². The van der Waals surface area contributed by atoms with Crippen molar-refractivity contribution in [1.29, 1.82) is 0 Å². The lowest BCUT2D eigenvalue weighted by Gasteiger charge is -2.33. The third-order valence-corrected chi connectivity index (χ3v) is 10.2. The van der Waals surface area contributed by atoms with Crippen LogP contribution in [0.4, 0.5) is 9.59 Å². The van der Waals surface area contributed by atoms with Gasteiger partial charge in [0.1, 0.15) is 23.3 Å². The molecule has 0 rings (SSSR count). The summed E-state index contributed by atoms with van der Waals surface area (Å²) in [5, 5.41) is 2.69. The molecule has 0 aliphatic rings. The highest BCUT2D eigenvalue weighted by Gasteiger charge is 2.41. The lowest BCUT2D eigenvalue weighted by Crippen LogP contribution is -2.57. The predicted molar refractivity (Wildman–Crippen MR) is 242 cm³/mol. The van der Waals surface area contributed by atoms with Crippen LogP contribution in [-0.4, -0.2) is 78.0 Å². The molecule has 0 aromatic rings. The summed E-state index contributed by atoms with van der Waals surface area (Å²) in [5.74, 6) is -1.97. The molecule has 2 atom stereocenters. The zero-order chi connectivity index (χ0) is 45.1. The number of hydrogen-bond donors (Lipinski definition) is 2. The zero-order valence-electron chi connectivity index (χ0n) is 39.8. The van der Waals surface area contributed by atoms with E-state index in [-0.39, 0.29) is 38.8 Å². The first-order valence-corrected chi connectivity index (χ1v) is 24.1. The molecule has 0 radical (unpaired) electrons. The van der Waals surface area contributed by atoms with Crippen LogP contribution in [0, 0.1) is 0 Å². The first-order valence-electron chi connectivity index (χ1n) is 24.1. The van der Waals surface area contributed by atoms with Gasteiger partial charge >= 0.3 is 24.1 Å². The van der Waals surface area contributed by atoms with E-state index in [1.165, 1.54) is 109 Å². The molecule has 0 heterocycles. The Balaban J connectivity index is 5.47. The monoisotopic (exact) mass is 854 g/mol. The fraction of sp³-hybridized carbons (Fsp3) is 0.896. The van der Waals surface area contributed by atoms with Crippen LogP contribution in [0.25, 0.3) is 0 Å². The van der Waals surface area contributed by atoms with Gasteiger partial charge in [0.15, 0.2) is 0 Å². The highest BCUT2D eigenvalue weighted by molar-refractivity contribution is 5.97. The van der Waals surface area contributed by atoms with Crippen molar-refractivity contribution in [3.63, 3.8) is 0 Å². The lowest BCUT2D eigenvalue weighted by atomic mass is 10.1. The topological polar surface area (TPSA) is 164 Å². The number of amides is 3. The molecule has 3 N–H and O–H groups in total. The van der Waals surface area contributed by atoms with Crippen LogP contribution in [0.15, 0.2) is 0 Å². The summed E-state index contributed by atoms with van der Waals surface area (Å²) >= 11 is 0. The average molecular weight is 854 g/mol. The van der Waals surface area contributed by atoms with E-state index in [0.717, 1.165) is 38.5 Å². The summed E-state index contributed by atoms with van der Waals surface area (Å²) in [4.78, 5) is 68.0. The van der Waals surface area contributed by atoms with Crippen molar-refractivity contribution in [2.24, 2.45) is 5.73 Å². The molecule has 0 aliphatic carbocycles. The second-order valence-electron chi connectivity index (χ2n) is 18.5. The van der Waals surface area contributed by atoms with Crippen LogP contribution in [0.1, 0.15) is 235 Å². The summed E-state index contributed by atoms with van der Waals surface area (Å²) < 4.78 is 22.2. The smallest absolute Gasteiger partial charge is 0.420 e. The number of nitrogens with two attached hydrogens (primary N) is 1. The van der Waals surface area contributed by atoms with Gasteiger partial charge in [0.2, 0.25) is 5.91 Å². The minimum absolute atomic E-state index is 0.0114.